The maximum absolute atomic E-state index is 12.0. The highest BCUT2D eigenvalue weighted by Gasteiger charge is 2.17. The van der Waals surface area contributed by atoms with Gasteiger partial charge in [0, 0.05) is 37.9 Å². The molecule has 1 aromatic heterocycles. The number of aromatic nitrogens is 2. The smallest absolute Gasteiger partial charge is 0.236 e. The van der Waals surface area contributed by atoms with E-state index < -0.39 is 0 Å². The Bertz CT molecular complexity index is 395. The number of hydrogen-bond donors (Lipinski definition) is 1. The summed E-state index contributed by atoms with van der Waals surface area (Å²) in [5.41, 5.74) is 1.11. The SMILES string of the molecule is CC(NCC(=O)N1CCCCC1)c1cnn(C)c1. The van der Waals surface area contributed by atoms with Crippen molar-refractivity contribution in [1.82, 2.24) is 20.0 Å². The van der Waals surface area contributed by atoms with E-state index in [9.17, 15) is 4.79 Å². The highest BCUT2D eigenvalue weighted by atomic mass is 16.2. The molecule has 18 heavy (non-hydrogen) atoms. The van der Waals surface area contributed by atoms with Crippen molar-refractivity contribution in [2.24, 2.45) is 7.05 Å². The lowest BCUT2D eigenvalue weighted by atomic mass is 10.1. The van der Waals surface area contributed by atoms with E-state index >= 15 is 0 Å². The number of amides is 1. The Morgan fingerprint density at radius 3 is 2.78 bits per heavy atom. The van der Waals surface area contributed by atoms with E-state index in [2.05, 4.69) is 17.3 Å². The van der Waals surface area contributed by atoms with Crippen molar-refractivity contribution < 1.29 is 4.79 Å². The Hall–Kier alpha value is -1.36. The molecule has 0 spiro atoms. The van der Waals surface area contributed by atoms with Gasteiger partial charge in [0.05, 0.1) is 12.7 Å². The molecule has 5 heteroatoms. The van der Waals surface area contributed by atoms with Gasteiger partial charge in [-0.15, -0.1) is 0 Å². The van der Waals surface area contributed by atoms with Crippen LogP contribution in [-0.4, -0.2) is 40.2 Å². The van der Waals surface area contributed by atoms with Gasteiger partial charge in [-0.2, -0.15) is 5.10 Å². The maximum atomic E-state index is 12.0. The number of piperidine rings is 1. The maximum Gasteiger partial charge on any atom is 0.236 e. The van der Waals surface area contributed by atoms with Crippen molar-refractivity contribution in [3.05, 3.63) is 18.0 Å². The van der Waals surface area contributed by atoms with E-state index in [1.54, 1.807) is 4.68 Å². The molecule has 0 aromatic carbocycles. The molecular formula is C13H22N4O. The van der Waals surface area contributed by atoms with Gasteiger partial charge in [0.25, 0.3) is 0 Å². The van der Waals surface area contributed by atoms with Crippen LogP contribution < -0.4 is 5.32 Å². The van der Waals surface area contributed by atoms with E-state index in [4.69, 9.17) is 0 Å². The van der Waals surface area contributed by atoms with Gasteiger partial charge in [-0.05, 0) is 26.2 Å². The quantitative estimate of drug-likeness (QED) is 0.870. The summed E-state index contributed by atoms with van der Waals surface area (Å²) in [6.07, 6.45) is 7.35. The Kier molecular flexibility index (Phi) is 4.36. The summed E-state index contributed by atoms with van der Waals surface area (Å²) in [5.74, 6) is 0.213. The second-order valence-electron chi connectivity index (χ2n) is 4.99. The van der Waals surface area contributed by atoms with Crippen LogP contribution >= 0.6 is 0 Å². The van der Waals surface area contributed by atoms with Gasteiger partial charge in [-0.3, -0.25) is 9.48 Å². The lowest BCUT2D eigenvalue weighted by molar-refractivity contribution is -0.131. The van der Waals surface area contributed by atoms with Crippen LogP contribution in [0, 0.1) is 0 Å². The van der Waals surface area contributed by atoms with E-state index in [0.717, 1.165) is 31.5 Å². The number of rotatable bonds is 4. The minimum absolute atomic E-state index is 0.160. The van der Waals surface area contributed by atoms with E-state index in [0.29, 0.717) is 6.54 Å². The predicted molar refractivity (Wildman–Crippen MR) is 70.1 cm³/mol. The number of nitrogens with zero attached hydrogens (tertiary/aromatic N) is 3. The largest absolute Gasteiger partial charge is 0.342 e. The summed E-state index contributed by atoms with van der Waals surface area (Å²) in [4.78, 5) is 13.9. The van der Waals surface area contributed by atoms with Crippen LogP contribution in [0.25, 0.3) is 0 Å². The molecule has 0 radical (unpaired) electrons. The molecule has 1 aromatic rings. The molecule has 2 rings (SSSR count). The highest BCUT2D eigenvalue weighted by molar-refractivity contribution is 5.78. The molecule has 5 nitrogen and oxygen atoms in total. The summed E-state index contributed by atoms with van der Waals surface area (Å²) in [6, 6.07) is 0.160. The zero-order valence-corrected chi connectivity index (χ0v) is 11.2. The van der Waals surface area contributed by atoms with Crippen molar-refractivity contribution in [2.75, 3.05) is 19.6 Å². The molecule has 1 amide bonds. The first-order valence-corrected chi connectivity index (χ1v) is 6.66. The van der Waals surface area contributed by atoms with Crippen LogP contribution in [-0.2, 0) is 11.8 Å². The molecule has 1 saturated heterocycles. The molecule has 1 unspecified atom stereocenters. The van der Waals surface area contributed by atoms with Crippen LogP contribution in [0.2, 0.25) is 0 Å². The van der Waals surface area contributed by atoms with E-state index in [1.165, 1.54) is 6.42 Å². The number of likely N-dealkylation sites (tertiary alicyclic amines) is 1. The van der Waals surface area contributed by atoms with E-state index in [-0.39, 0.29) is 11.9 Å². The van der Waals surface area contributed by atoms with Crippen molar-refractivity contribution in [3.63, 3.8) is 0 Å². The zero-order valence-electron chi connectivity index (χ0n) is 11.2. The highest BCUT2D eigenvalue weighted by Crippen LogP contribution is 2.11. The molecule has 1 aliphatic rings. The van der Waals surface area contributed by atoms with Gasteiger partial charge >= 0.3 is 0 Å². The Balaban J connectivity index is 1.78. The van der Waals surface area contributed by atoms with Crippen molar-refractivity contribution in [2.45, 2.75) is 32.2 Å². The van der Waals surface area contributed by atoms with Crippen LogP contribution in [0.15, 0.2) is 12.4 Å². The fourth-order valence-electron chi connectivity index (χ4n) is 2.28. The molecule has 1 N–H and O–H groups in total. The Morgan fingerprint density at radius 2 is 2.17 bits per heavy atom. The van der Waals surface area contributed by atoms with E-state index in [1.807, 2.05) is 24.3 Å². The third-order valence-electron chi connectivity index (χ3n) is 3.49. The van der Waals surface area contributed by atoms with Gasteiger partial charge in [-0.25, -0.2) is 0 Å². The minimum atomic E-state index is 0.160. The molecule has 0 bridgehead atoms. The lowest BCUT2D eigenvalue weighted by Crippen LogP contribution is -2.41. The van der Waals surface area contributed by atoms with Gasteiger partial charge < -0.3 is 10.2 Å². The first-order valence-electron chi connectivity index (χ1n) is 6.66. The Morgan fingerprint density at radius 1 is 1.44 bits per heavy atom. The fourth-order valence-corrected chi connectivity index (χ4v) is 2.28. The monoisotopic (exact) mass is 250 g/mol. The van der Waals surface area contributed by atoms with Gasteiger partial charge in [-0.1, -0.05) is 0 Å². The molecular weight excluding hydrogens is 228 g/mol. The number of carbonyl (C=O) groups is 1. The first kappa shape index (κ1) is 13.1. The summed E-state index contributed by atoms with van der Waals surface area (Å²) >= 11 is 0. The average Bonchev–Trinajstić information content (AvgIpc) is 2.83. The standard InChI is InChI=1S/C13H22N4O/c1-11(12-8-15-16(2)10-12)14-9-13(18)17-6-4-3-5-7-17/h8,10-11,14H,3-7,9H2,1-2H3. The molecule has 0 saturated carbocycles. The molecule has 0 aliphatic carbocycles. The average molecular weight is 250 g/mol. The summed E-state index contributed by atoms with van der Waals surface area (Å²) in [6.45, 7) is 4.31. The lowest BCUT2D eigenvalue weighted by Gasteiger charge is -2.27. The molecule has 1 aliphatic heterocycles. The normalized spacial score (nSPS) is 17.8. The molecule has 100 valence electrons. The fraction of sp³-hybridized carbons (Fsp3) is 0.692. The Labute approximate surface area is 108 Å². The van der Waals surface area contributed by atoms with Crippen molar-refractivity contribution >= 4 is 5.91 Å². The number of nitrogens with one attached hydrogen (secondary N) is 1. The molecule has 2 heterocycles. The van der Waals surface area contributed by atoms with Gasteiger partial charge in [0.1, 0.15) is 0 Å². The summed E-state index contributed by atoms with van der Waals surface area (Å²) in [7, 11) is 1.90. The number of carbonyl (C=O) groups excluding carboxylic acids is 1. The van der Waals surface area contributed by atoms with Crippen molar-refractivity contribution in [1.29, 1.82) is 0 Å². The van der Waals surface area contributed by atoms with Gasteiger partial charge in [0.15, 0.2) is 0 Å². The van der Waals surface area contributed by atoms with Crippen LogP contribution in [0.3, 0.4) is 0 Å². The summed E-state index contributed by atoms with van der Waals surface area (Å²) in [5, 5.41) is 7.40. The van der Waals surface area contributed by atoms with Crippen LogP contribution in [0.5, 0.6) is 0 Å². The third kappa shape index (κ3) is 3.32. The van der Waals surface area contributed by atoms with Crippen LogP contribution in [0.4, 0.5) is 0 Å². The summed E-state index contributed by atoms with van der Waals surface area (Å²) < 4.78 is 1.78. The van der Waals surface area contributed by atoms with Crippen molar-refractivity contribution in [3.8, 4) is 0 Å². The molecule has 1 atom stereocenters. The third-order valence-corrected chi connectivity index (χ3v) is 3.49. The topological polar surface area (TPSA) is 50.2 Å². The number of hydrogen-bond acceptors (Lipinski definition) is 3. The zero-order chi connectivity index (χ0) is 13.0. The van der Waals surface area contributed by atoms with Gasteiger partial charge in [0.2, 0.25) is 5.91 Å². The minimum Gasteiger partial charge on any atom is -0.342 e. The molecule has 1 fully saturated rings. The second kappa shape index (κ2) is 6.00. The van der Waals surface area contributed by atoms with Crippen LogP contribution in [0.1, 0.15) is 37.8 Å². The predicted octanol–water partition coefficient (Wildman–Crippen LogP) is 1.08. The number of aryl methyl sites for hydroxylation is 1. The first-order chi connectivity index (χ1) is 8.66. The second-order valence-corrected chi connectivity index (χ2v) is 4.99.